The Balaban J connectivity index is 2.17. The summed E-state index contributed by atoms with van der Waals surface area (Å²) in [4.78, 5) is 11.5. The van der Waals surface area contributed by atoms with Crippen LogP contribution in [-0.2, 0) is 4.74 Å². The Morgan fingerprint density at radius 1 is 1.35 bits per heavy atom. The monoisotopic (exact) mass is 329 g/mol. The molecule has 1 aromatic heterocycles. The number of hydrogen-bond acceptors (Lipinski definition) is 4. The van der Waals surface area contributed by atoms with Gasteiger partial charge < -0.3 is 10.1 Å². The third-order valence-corrected chi connectivity index (χ3v) is 4.33. The Hall–Kier alpha value is -1.23. The summed E-state index contributed by atoms with van der Waals surface area (Å²) in [6.45, 7) is 1.98. The first-order chi connectivity index (χ1) is 9.51. The van der Waals surface area contributed by atoms with Crippen molar-refractivity contribution < 1.29 is 9.53 Å². The first-order valence-corrected chi connectivity index (χ1v) is 7.48. The highest BCUT2D eigenvalue weighted by Gasteiger charge is 2.14. The Morgan fingerprint density at radius 2 is 2.10 bits per heavy atom. The van der Waals surface area contributed by atoms with Gasteiger partial charge in [0.25, 0.3) is 0 Å². The minimum atomic E-state index is -0.363. The van der Waals surface area contributed by atoms with E-state index < -0.39 is 0 Å². The molecule has 0 amide bonds. The van der Waals surface area contributed by atoms with E-state index in [0.29, 0.717) is 14.2 Å². The lowest BCUT2D eigenvalue weighted by Crippen LogP contribution is -2.07. The number of carbonyl (C=O) groups excluding carboxylic acids is 1. The van der Waals surface area contributed by atoms with Gasteiger partial charge in [-0.05, 0) is 31.2 Å². The van der Waals surface area contributed by atoms with Crippen LogP contribution < -0.4 is 5.32 Å². The van der Waals surface area contributed by atoms with E-state index in [1.54, 1.807) is 18.2 Å². The highest BCUT2D eigenvalue weighted by Crippen LogP contribution is 2.36. The molecule has 1 N–H and O–H groups in total. The van der Waals surface area contributed by atoms with Crippen LogP contribution in [0.15, 0.2) is 30.3 Å². The smallest absolute Gasteiger partial charge is 0.337 e. The van der Waals surface area contributed by atoms with Gasteiger partial charge in [-0.15, -0.1) is 11.3 Å². The van der Waals surface area contributed by atoms with Crippen LogP contribution in [0.3, 0.4) is 0 Å². The highest BCUT2D eigenvalue weighted by molar-refractivity contribution is 7.20. The van der Waals surface area contributed by atoms with Gasteiger partial charge in [0.1, 0.15) is 0 Å². The second-order valence-corrected chi connectivity index (χ2v) is 6.50. The topological polar surface area (TPSA) is 38.3 Å². The van der Waals surface area contributed by atoms with Gasteiger partial charge >= 0.3 is 5.97 Å². The van der Waals surface area contributed by atoms with Crippen molar-refractivity contribution in [3.8, 4) is 0 Å². The molecular weight excluding hydrogens is 317 g/mol. The number of hydrogen-bond donors (Lipinski definition) is 1. The van der Waals surface area contributed by atoms with Crippen LogP contribution in [0.1, 0.15) is 28.9 Å². The maximum atomic E-state index is 11.5. The van der Waals surface area contributed by atoms with Crippen LogP contribution in [0, 0.1) is 0 Å². The molecule has 2 rings (SSSR count). The fraction of sp³-hybridized carbons (Fsp3) is 0.214. The van der Waals surface area contributed by atoms with Crippen molar-refractivity contribution in [3.05, 3.63) is 50.1 Å². The zero-order chi connectivity index (χ0) is 14.7. The molecule has 0 aliphatic carbocycles. The molecule has 0 spiro atoms. The van der Waals surface area contributed by atoms with Gasteiger partial charge in [0.2, 0.25) is 0 Å². The lowest BCUT2D eigenvalue weighted by atomic mass is 10.1. The van der Waals surface area contributed by atoms with Crippen LogP contribution in [-0.4, -0.2) is 13.1 Å². The number of esters is 1. The molecule has 0 fully saturated rings. The molecular formula is C14H13Cl2NO2S. The van der Waals surface area contributed by atoms with Crippen molar-refractivity contribution in [2.75, 3.05) is 12.4 Å². The molecule has 0 radical (unpaired) electrons. The molecule has 1 heterocycles. The first kappa shape index (κ1) is 15.2. The Labute approximate surface area is 131 Å². The Bertz CT molecular complexity index is 627. The zero-order valence-corrected chi connectivity index (χ0v) is 13.3. The Kier molecular flexibility index (Phi) is 4.91. The highest BCUT2D eigenvalue weighted by atomic mass is 35.5. The molecule has 0 saturated carbocycles. The average molecular weight is 330 g/mol. The maximum absolute atomic E-state index is 11.5. The standard InChI is InChI=1S/C14H13Cl2NO2S/c1-8(11-7-12(15)20-13(11)16)17-10-5-3-4-9(6-10)14(18)19-2/h3-8,17H,1-2H3. The van der Waals surface area contributed by atoms with Gasteiger partial charge in [-0.2, -0.15) is 0 Å². The summed E-state index contributed by atoms with van der Waals surface area (Å²) in [6, 6.07) is 8.95. The van der Waals surface area contributed by atoms with Gasteiger partial charge in [0.05, 0.1) is 27.4 Å². The Morgan fingerprint density at radius 3 is 2.70 bits per heavy atom. The molecule has 2 aromatic rings. The van der Waals surface area contributed by atoms with Crippen LogP contribution in [0.25, 0.3) is 0 Å². The number of anilines is 1. The van der Waals surface area contributed by atoms with Gasteiger partial charge in [-0.1, -0.05) is 29.3 Å². The molecule has 0 saturated heterocycles. The predicted octanol–water partition coefficient (Wildman–Crippen LogP) is 5.01. The number of methoxy groups -OCH3 is 1. The van der Waals surface area contributed by atoms with Crippen LogP contribution in [0.4, 0.5) is 5.69 Å². The average Bonchev–Trinajstić information content (AvgIpc) is 2.77. The summed E-state index contributed by atoms with van der Waals surface area (Å²) in [6.07, 6.45) is 0. The lowest BCUT2D eigenvalue weighted by Gasteiger charge is -2.15. The minimum Gasteiger partial charge on any atom is -0.465 e. The molecule has 1 unspecified atom stereocenters. The summed E-state index contributed by atoms with van der Waals surface area (Å²) >= 11 is 13.4. The number of ether oxygens (including phenoxy) is 1. The first-order valence-electron chi connectivity index (χ1n) is 5.91. The van der Waals surface area contributed by atoms with Gasteiger partial charge in [0, 0.05) is 11.3 Å². The fourth-order valence-corrected chi connectivity index (χ4v) is 3.48. The molecule has 106 valence electrons. The number of carbonyl (C=O) groups is 1. The van der Waals surface area contributed by atoms with Gasteiger partial charge in [0.15, 0.2) is 0 Å². The SMILES string of the molecule is COC(=O)c1cccc(NC(C)c2cc(Cl)sc2Cl)c1. The normalized spacial score (nSPS) is 12.0. The number of thiophene rings is 1. The van der Waals surface area contributed by atoms with E-state index in [-0.39, 0.29) is 12.0 Å². The van der Waals surface area contributed by atoms with E-state index in [2.05, 4.69) is 5.32 Å². The summed E-state index contributed by atoms with van der Waals surface area (Å²) in [7, 11) is 1.36. The van der Waals surface area contributed by atoms with Crippen LogP contribution in [0.2, 0.25) is 8.67 Å². The van der Waals surface area contributed by atoms with E-state index in [1.165, 1.54) is 18.4 Å². The third kappa shape index (κ3) is 3.45. The molecule has 1 atom stereocenters. The number of rotatable bonds is 4. The van der Waals surface area contributed by atoms with E-state index in [0.717, 1.165) is 11.3 Å². The number of halogens is 2. The second kappa shape index (κ2) is 6.48. The third-order valence-electron chi connectivity index (χ3n) is 2.82. The van der Waals surface area contributed by atoms with Crippen molar-refractivity contribution in [1.82, 2.24) is 0 Å². The summed E-state index contributed by atoms with van der Waals surface area (Å²) in [5, 5.41) is 3.29. The van der Waals surface area contributed by atoms with E-state index in [1.807, 2.05) is 19.1 Å². The van der Waals surface area contributed by atoms with E-state index in [9.17, 15) is 4.79 Å². The van der Waals surface area contributed by atoms with E-state index in [4.69, 9.17) is 27.9 Å². The predicted molar refractivity (Wildman–Crippen MR) is 84.2 cm³/mol. The molecule has 0 aliphatic rings. The number of benzene rings is 1. The van der Waals surface area contributed by atoms with Crippen molar-refractivity contribution in [1.29, 1.82) is 0 Å². The van der Waals surface area contributed by atoms with Crippen LogP contribution in [0.5, 0.6) is 0 Å². The lowest BCUT2D eigenvalue weighted by molar-refractivity contribution is 0.0601. The van der Waals surface area contributed by atoms with Crippen LogP contribution >= 0.6 is 34.5 Å². The quantitative estimate of drug-likeness (QED) is 0.801. The molecule has 6 heteroatoms. The molecule has 3 nitrogen and oxygen atoms in total. The van der Waals surface area contributed by atoms with Crippen molar-refractivity contribution in [2.24, 2.45) is 0 Å². The van der Waals surface area contributed by atoms with Gasteiger partial charge in [-0.25, -0.2) is 4.79 Å². The van der Waals surface area contributed by atoms with E-state index >= 15 is 0 Å². The minimum absolute atomic E-state index is 0.0147. The van der Waals surface area contributed by atoms with Gasteiger partial charge in [-0.3, -0.25) is 0 Å². The van der Waals surface area contributed by atoms with Crippen molar-refractivity contribution in [3.63, 3.8) is 0 Å². The summed E-state index contributed by atoms with van der Waals surface area (Å²) < 4.78 is 6.02. The fourth-order valence-electron chi connectivity index (χ4n) is 1.83. The number of nitrogens with one attached hydrogen (secondary N) is 1. The van der Waals surface area contributed by atoms with Crippen molar-refractivity contribution in [2.45, 2.75) is 13.0 Å². The maximum Gasteiger partial charge on any atom is 0.337 e. The molecule has 20 heavy (non-hydrogen) atoms. The summed E-state index contributed by atoms with van der Waals surface area (Å²) in [5.41, 5.74) is 2.25. The second-order valence-electron chi connectivity index (χ2n) is 4.22. The largest absolute Gasteiger partial charge is 0.465 e. The molecule has 0 bridgehead atoms. The molecule has 0 aliphatic heterocycles. The zero-order valence-electron chi connectivity index (χ0n) is 10.9. The summed E-state index contributed by atoms with van der Waals surface area (Å²) in [5.74, 6) is -0.363. The molecule has 1 aromatic carbocycles. The van der Waals surface area contributed by atoms with Crippen molar-refractivity contribution >= 4 is 46.2 Å².